The van der Waals surface area contributed by atoms with Crippen LogP contribution in [0.25, 0.3) is 0 Å². The normalized spacial score (nSPS) is 10.9. The standard InChI is InChI=1S/C5H8O3/c1-4(6)2-3-5(7)8/h2-3,5-8H,1H2/b3-2+. The van der Waals surface area contributed by atoms with Gasteiger partial charge >= 0.3 is 0 Å². The predicted octanol–water partition coefficient (Wildman–Crippen LogP) is -0.0750. The molecule has 0 atom stereocenters. The van der Waals surface area contributed by atoms with Gasteiger partial charge < -0.3 is 15.3 Å². The van der Waals surface area contributed by atoms with Crippen LogP contribution >= 0.6 is 0 Å². The Morgan fingerprint density at radius 3 is 2.12 bits per heavy atom. The fourth-order valence-corrected chi connectivity index (χ4v) is 0.197. The third kappa shape index (κ3) is 5.20. The van der Waals surface area contributed by atoms with Crippen LogP contribution in [0.5, 0.6) is 0 Å². The molecule has 0 rings (SSSR count). The third-order valence-electron chi connectivity index (χ3n) is 0.461. The van der Waals surface area contributed by atoms with E-state index in [1.807, 2.05) is 0 Å². The summed E-state index contributed by atoms with van der Waals surface area (Å²) in [7, 11) is 0. The molecule has 8 heavy (non-hydrogen) atoms. The molecule has 0 aromatic carbocycles. The van der Waals surface area contributed by atoms with Crippen LogP contribution in [0.1, 0.15) is 0 Å². The zero-order valence-corrected chi connectivity index (χ0v) is 4.28. The molecular weight excluding hydrogens is 108 g/mol. The molecule has 0 aliphatic heterocycles. The Labute approximate surface area is 47.2 Å². The van der Waals surface area contributed by atoms with Crippen LogP contribution in [0.3, 0.4) is 0 Å². The molecule has 0 aliphatic carbocycles. The summed E-state index contributed by atoms with van der Waals surface area (Å²) in [5, 5.41) is 24.5. The first kappa shape index (κ1) is 7.20. The van der Waals surface area contributed by atoms with Crippen molar-refractivity contribution in [2.24, 2.45) is 0 Å². The highest BCUT2D eigenvalue weighted by molar-refractivity contribution is 5.05. The first-order chi connectivity index (χ1) is 3.63. The number of hydrogen-bond donors (Lipinski definition) is 3. The number of hydrogen-bond acceptors (Lipinski definition) is 3. The fourth-order valence-electron chi connectivity index (χ4n) is 0.197. The summed E-state index contributed by atoms with van der Waals surface area (Å²) >= 11 is 0. The Morgan fingerprint density at radius 2 is 2.00 bits per heavy atom. The van der Waals surface area contributed by atoms with Crippen LogP contribution in [-0.4, -0.2) is 21.6 Å². The summed E-state index contributed by atoms with van der Waals surface area (Å²) < 4.78 is 0. The van der Waals surface area contributed by atoms with Crippen molar-refractivity contribution in [2.45, 2.75) is 6.29 Å². The minimum Gasteiger partial charge on any atom is -0.509 e. The molecule has 3 heteroatoms. The Balaban J connectivity index is 3.50. The summed E-state index contributed by atoms with van der Waals surface area (Å²) in [6, 6.07) is 0. The predicted molar refractivity (Wildman–Crippen MR) is 29.1 cm³/mol. The molecule has 3 nitrogen and oxygen atoms in total. The van der Waals surface area contributed by atoms with E-state index in [0.717, 1.165) is 12.2 Å². The second-order valence-corrected chi connectivity index (χ2v) is 1.26. The van der Waals surface area contributed by atoms with Crippen molar-refractivity contribution in [1.82, 2.24) is 0 Å². The van der Waals surface area contributed by atoms with Gasteiger partial charge in [0.2, 0.25) is 0 Å². The molecule has 0 heterocycles. The van der Waals surface area contributed by atoms with Crippen LogP contribution in [-0.2, 0) is 0 Å². The molecule has 0 unspecified atom stereocenters. The second-order valence-electron chi connectivity index (χ2n) is 1.26. The molecule has 0 fully saturated rings. The molecule has 0 aromatic rings. The van der Waals surface area contributed by atoms with E-state index in [9.17, 15) is 0 Å². The minimum absolute atomic E-state index is 0.196. The van der Waals surface area contributed by atoms with Gasteiger partial charge in [-0.15, -0.1) is 0 Å². The Hall–Kier alpha value is -0.800. The lowest BCUT2D eigenvalue weighted by Crippen LogP contribution is -1.97. The summed E-state index contributed by atoms with van der Waals surface area (Å²) in [5.74, 6) is -0.196. The highest BCUT2D eigenvalue weighted by Gasteiger charge is 1.84. The molecule has 0 amide bonds. The minimum atomic E-state index is -1.51. The van der Waals surface area contributed by atoms with E-state index in [4.69, 9.17) is 15.3 Å². The van der Waals surface area contributed by atoms with E-state index in [0.29, 0.717) is 0 Å². The number of aliphatic hydroxyl groups is 3. The SMILES string of the molecule is C=C(O)/C=C/C(O)O. The van der Waals surface area contributed by atoms with E-state index in [2.05, 4.69) is 6.58 Å². The summed E-state index contributed by atoms with van der Waals surface area (Å²) in [6.45, 7) is 3.07. The average Bonchev–Trinajstić information content (AvgIpc) is 1.61. The molecule has 3 N–H and O–H groups in total. The van der Waals surface area contributed by atoms with Crippen molar-refractivity contribution in [2.75, 3.05) is 0 Å². The lowest BCUT2D eigenvalue weighted by molar-refractivity contribution is 0.00217. The van der Waals surface area contributed by atoms with Gasteiger partial charge in [-0.05, 0) is 12.2 Å². The van der Waals surface area contributed by atoms with Crippen LogP contribution in [0.2, 0.25) is 0 Å². The van der Waals surface area contributed by atoms with Crippen molar-refractivity contribution < 1.29 is 15.3 Å². The molecule has 0 spiro atoms. The van der Waals surface area contributed by atoms with Crippen molar-refractivity contribution in [3.8, 4) is 0 Å². The number of allylic oxidation sites excluding steroid dienone is 1. The zero-order chi connectivity index (χ0) is 6.57. The Kier molecular flexibility index (Phi) is 2.91. The molecule has 46 valence electrons. The lowest BCUT2D eigenvalue weighted by atomic mass is 10.4. The topological polar surface area (TPSA) is 60.7 Å². The number of rotatable bonds is 2. The third-order valence-corrected chi connectivity index (χ3v) is 0.461. The van der Waals surface area contributed by atoms with Gasteiger partial charge in [0, 0.05) is 0 Å². The monoisotopic (exact) mass is 116 g/mol. The first-order valence-electron chi connectivity index (χ1n) is 2.05. The molecule has 0 aromatic heterocycles. The van der Waals surface area contributed by atoms with E-state index in [-0.39, 0.29) is 5.76 Å². The fraction of sp³-hybridized carbons (Fsp3) is 0.200. The van der Waals surface area contributed by atoms with E-state index in [1.54, 1.807) is 0 Å². The Bertz CT molecular complexity index is 104. The Morgan fingerprint density at radius 1 is 1.50 bits per heavy atom. The van der Waals surface area contributed by atoms with Gasteiger partial charge in [-0.3, -0.25) is 0 Å². The molecule has 0 radical (unpaired) electrons. The van der Waals surface area contributed by atoms with Gasteiger partial charge in [-0.2, -0.15) is 0 Å². The molecular formula is C5H8O3. The maximum atomic E-state index is 8.30. The molecule has 0 saturated heterocycles. The van der Waals surface area contributed by atoms with Crippen LogP contribution in [0.15, 0.2) is 24.5 Å². The van der Waals surface area contributed by atoms with Gasteiger partial charge in [-0.1, -0.05) is 6.58 Å². The van der Waals surface area contributed by atoms with Gasteiger partial charge in [0.1, 0.15) is 5.76 Å². The van der Waals surface area contributed by atoms with Crippen molar-refractivity contribution in [3.05, 3.63) is 24.5 Å². The highest BCUT2D eigenvalue weighted by Crippen LogP contribution is 1.85. The van der Waals surface area contributed by atoms with Crippen LogP contribution in [0, 0.1) is 0 Å². The molecule has 0 aliphatic rings. The van der Waals surface area contributed by atoms with Crippen LogP contribution in [0.4, 0.5) is 0 Å². The van der Waals surface area contributed by atoms with Gasteiger partial charge in [-0.25, -0.2) is 0 Å². The van der Waals surface area contributed by atoms with E-state index in [1.165, 1.54) is 0 Å². The van der Waals surface area contributed by atoms with E-state index >= 15 is 0 Å². The summed E-state index contributed by atoms with van der Waals surface area (Å²) in [6.07, 6.45) is 0.589. The maximum absolute atomic E-state index is 8.30. The lowest BCUT2D eigenvalue weighted by Gasteiger charge is -1.90. The van der Waals surface area contributed by atoms with Gasteiger partial charge in [0.05, 0.1) is 0 Å². The molecule has 0 saturated carbocycles. The van der Waals surface area contributed by atoms with Crippen molar-refractivity contribution in [1.29, 1.82) is 0 Å². The maximum Gasteiger partial charge on any atom is 0.171 e. The highest BCUT2D eigenvalue weighted by atomic mass is 16.5. The average molecular weight is 116 g/mol. The van der Waals surface area contributed by atoms with Gasteiger partial charge in [0.25, 0.3) is 0 Å². The number of aliphatic hydroxyl groups excluding tert-OH is 2. The smallest absolute Gasteiger partial charge is 0.171 e. The van der Waals surface area contributed by atoms with Gasteiger partial charge in [0.15, 0.2) is 6.29 Å². The molecule has 0 bridgehead atoms. The second kappa shape index (κ2) is 3.23. The quantitative estimate of drug-likeness (QED) is 0.269. The van der Waals surface area contributed by atoms with Crippen molar-refractivity contribution in [3.63, 3.8) is 0 Å². The summed E-state index contributed by atoms with van der Waals surface area (Å²) in [5.41, 5.74) is 0. The summed E-state index contributed by atoms with van der Waals surface area (Å²) in [4.78, 5) is 0. The zero-order valence-electron chi connectivity index (χ0n) is 4.28. The van der Waals surface area contributed by atoms with Crippen molar-refractivity contribution >= 4 is 0 Å². The van der Waals surface area contributed by atoms with E-state index < -0.39 is 6.29 Å². The largest absolute Gasteiger partial charge is 0.509 e. The first-order valence-corrected chi connectivity index (χ1v) is 2.05. The van der Waals surface area contributed by atoms with Crippen LogP contribution < -0.4 is 0 Å².